The minimum atomic E-state index is -0.924. The van der Waals surface area contributed by atoms with Crippen molar-refractivity contribution < 1.29 is 29.8 Å². The second-order valence-corrected chi connectivity index (χ2v) is 11.6. The number of anilines is 1. The van der Waals surface area contributed by atoms with Crippen LogP contribution < -0.4 is 4.90 Å². The van der Waals surface area contributed by atoms with Gasteiger partial charge in [0.05, 0.1) is 35.2 Å². The number of aryl methyl sites for hydroxylation is 2. The Kier molecular flexibility index (Phi) is 8.80. The summed E-state index contributed by atoms with van der Waals surface area (Å²) in [5.41, 5.74) is 4.95. The Morgan fingerprint density at radius 2 is 1.80 bits per heavy atom. The number of fused-ring (bicyclic) bond motifs is 1. The van der Waals surface area contributed by atoms with E-state index in [1.54, 1.807) is 0 Å². The van der Waals surface area contributed by atoms with Crippen LogP contribution in [0.1, 0.15) is 56.7 Å². The number of imide groups is 1. The highest BCUT2D eigenvalue weighted by atomic mass is 16.6. The zero-order chi connectivity index (χ0) is 30.2. The number of allylic oxidation sites excluding steroid dienone is 2. The van der Waals surface area contributed by atoms with Crippen LogP contribution in [0.2, 0.25) is 0 Å². The number of aliphatic hydroxyl groups excluding tert-OH is 2. The van der Waals surface area contributed by atoms with Crippen LogP contribution in [0.25, 0.3) is 6.08 Å². The summed E-state index contributed by atoms with van der Waals surface area (Å²) in [6, 6.07) is 9.24. The number of nitro benzene ring substituents is 1. The molecule has 1 heterocycles. The largest absolute Gasteiger partial charge is 0.507 e. The monoisotopic (exact) mass is 562 g/mol. The van der Waals surface area contributed by atoms with Gasteiger partial charge in [-0.1, -0.05) is 37.1 Å². The standard InChI is InChI=1S/C32H38N2O7/c1-17(2)24-15-25-29(32(39)33(31(25)38)22-7-6-8-23(14-22)34(40)41)26(16-35)28(24)27(36)10-9-18(3)11-21-12-19(4)30(37)20(5)13-21/h6-8,11-14,17,25-27,29,35-37H,9-10,15-16H2,1-5H3/b18-11+/t25-,26+,27-,29-/m1/s1. The second-order valence-electron chi connectivity index (χ2n) is 11.6. The number of amides is 2. The molecule has 4 atom stereocenters. The van der Waals surface area contributed by atoms with Crippen LogP contribution in [0.5, 0.6) is 5.75 Å². The van der Waals surface area contributed by atoms with Crippen LogP contribution in [0, 0.1) is 47.6 Å². The van der Waals surface area contributed by atoms with E-state index >= 15 is 0 Å². The number of nitrogens with zero attached hydrogens (tertiary/aromatic N) is 2. The molecule has 0 bridgehead atoms. The molecule has 1 saturated heterocycles. The van der Waals surface area contributed by atoms with Crippen LogP contribution >= 0.6 is 0 Å². The number of phenolic OH excluding ortho intramolecular Hbond substituents is 1. The maximum absolute atomic E-state index is 13.7. The number of rotatable bonds is 9. The summed E-state index contributed by atoms with van der Waals surface area (Å²) in [6.45, 7) is 9.19. The van der Waals surface area contributed by atoms with Crippen molar-refractivity contribution in [1.82, 2.24) is 0 Å². The van der Waals surface area contributed by atoms with E-state index in [1.165, 1.54) is 24.3 Å². The van der Waals surface area contributed by atoms with Crippen LogP contribution in [-0.4, -0.2) is 44.8 Å². The number of hydrogen-bond donors (Lipinski definition) is 3. The molecule has 4 rings (SSSR count). The Bertz CT molecular complexity index is 1420. The molecule has 0 unspecified atom stereocenters. The molecule has 1 fully saturated rings. The first-order valence-corrected chi connectivity index (χ1v) is 14.0. The first-order chi connectivity index (χ1) is 19.3. The van der Waals surface area contributed by atoms with Gasteiger partial charge in [0.15, 0.2) is 0 Å². The lowest BCUT2D eigenvalue weighted by Gasteiger charge is -2.38. The van der Waals surface area contributed by atoms with Gasteiger partial charge in [0.2, 0.25) is 11.8 Å². The van der Waals surface area contributed by atoms with Crippen molar-refractivity contribution in [3.63, 3.8) is 0 Å². The van der Waals surface area contributed by atoms with E-state index < -0.39 is 47.2 Å². The maximum Gasteiger partial charge on any atom is 0.271 e. The second kappa shape index (κ2) is 12.0. The molecule has 9 nitrogen and oxygen atoms in total. The smallest absolute Gasteiger partial charge is 0.271 e. The normalized spacial score (nSPS) is 22.0. The summed E-state index contributed by atoms with van der Waals surface area (Å²) in [6.07, 6.45) is 2.30. The van der Waals surface area contributed by atoms with Gasteiger partial charge in [0, 0.05) is 18.1 Å². The molecule has 2 aromatic rings. The lowest BCUT2D eigenvalue weighted by atomic mass is 9.66. The number of aromatic hydroxyl groups is 1. The number of carbonyl (C=O) groups excluding carboxylic acids is 2. The van der Waals surface area contributed by atoms with Gasteiger partial charge in [-0.2, -0.15) is 0 Å². The molecule has 1 aliphatic carbocycles. The molecular formula is C32H38N2O7. The molecule has 0 aromatic heterocycles. The predicted molar refractivity (Wildman–Crippen MR) is 156 cm³/mol. The average Bonchev–Trinajstić information content (AvgIpc) is 3.18. The number of non-ortho nitro benzene ring substituents is 1. The number of hydrogen-bond acceptors (Lipinski definition) is 7. The van der Waals surface area contributed by atoms with Gasteiger partial charge in [0.25, 0.3) is 5.69 Å². The van der Waals surface area contributed by atoms with E-state index in [-0.39, 0.29) is 29.5 Å². The molecule has 3 N–H and O–H groups in total. The summed E-state index contributed by atoms with van der Waals surface area (Å²) in [7, 11) is 0. The lowest BCUT2D eigenvalue weighted by Crippen LogP contribution is -2.39. The van der Waals surface area contributed by atoms with Gasteiger partial charge in [-0.3, -0.25) is 19.7 Å². The molecule has 2 aromatic carbocycles. The minimum Gasteiger partial charge on any atom is -0.507 e. The highest BCUT2D eigenvalue weighted by molar-refractivity contribution is 6.22. The summed E-state index contributed by atoms with van der Waals surface area (Å²) in [5.74, 6) is -3.02. The molecular weight excluding hydrogens is 524 g/mol. The Morgan fingerprint density at radius 1 is 1.15 bits per heavy atom. The van der Waals surface area contributed by atoms with Crippen molar-refractivity contribution in [3.05, 3.63) is 79.9 Å². The third-order valence-corrected chi connectivity index (χ3v) is 8.41. The fraction of sp³-hybridized carbons (Fsp3) is 0.438. The highest BCUT2D eigenvalue weighted by Crippen LogP contribution is 2.49. The summed E-state index contributed by atoms with van der Waals surface area (Å²) in [5, 5.41) is 43.4. The number of carbonyl (C=O) groups is 2. The molecule has 9 heteroatoms. The Hall–Kier alpha value is -3.82. The third-order valence-electron chi connectivity index (χ3n) is 8.41. The van der Waals surface area contributed by atoms with E-state index in [4.69, 9.17) is 0 Å². The van der Waals surface area contributed by atoms with Crippen LogP contribution in [0.3, 0.4) is 0 Å². The number of benzene rings is 2. The van der Waals surface area contributed by atoms with Gasteiger partial charge in [-0.05, 0) is 86.4 Å². The SMILES string of the molecule is C/C(=C\c1cc(C)c(O)c(C)c1)CC[C@@H](O)C1=C(C(C)C)C[C@H]2C(=O)N(c3cccc([N+](=O)[O-])c3)C(=O)[C@H]2[C@H]1CO. The lowest BCUT2D eigenvalue weighted by molar-refractivity contribution is -0.384. The average molecular weight is 563 g/mol. The molecule has 1 aliphatic heterocycles. The first-order valence-electron chi connectivity index (χ1n) is 14.0. The van der Waals surface area contributed by atoms with Crippen molar-refractivity contribution in [2.45, 2.75) is 60.0 Å². The minimum absolute atomic E-state index is 0.0241. The van der Waals surface area contributed by atoms with Gasteiger partial charge < -0.3 is 15.3 Å². The highest BCUT2D eigenvalue weighted by Gasteiger charge is 2.55. The van der Waals surface area contributed by atoms with E-state index in [2.05, 4.69) is 0 Å². The Morgan fingerprint density at radius 3 is 2.39 bits per heavy atom. The molecule has 0 spiro atoms. The topological polar surface area (TPSA) is 141 Å². The van der Waals surface area contributed by atoms with Crippen molar-refractivity contribution in [1.29, 1.82) is 0 Å². The first kappa shape index (κ1) is 30.1. The summed E-state index contributed by atoms with van der Waals surface area (Å²) >= 11 is 0. The molecule has 0 saturated carbocycles. The number of aliphatic hydroxyl groups is 2. The van der Waals surface area contributed by atoms with Gasteiger partial charge in [-0.15, -0.1) is 0 Å². The zero-order valence-electron chi connectivity index (χ0n) is 24.1. The molecule has 0 radical (unpaired) electrons. The van der Waals surface area contributed by atoms with Crippen LogP contribution in [0.15, 0.2) is 53.1 Å². The molecule has 41 heavy (non-hydrogen) atoms. The van der Waals surface area contributed by atoms with Crippen LogP contribution in [-0.2, 0) is 9.59 Å². The van der Waals surface area contributed by atoms with E-state index in [0.717, 1.165) is 32.7 Å². The Balaban J connectivity index is 1.61. The van der Waals surface area contributed by atoms with Gasteiger partial charge in [-0.25, -0.2) is 4.90 Å². The predicted octanol–water partition coefficient (Wildman–Crippen LogP) is 5.23. The Labute approximate surface area is 240 Å². The van der Waals surface area contributed by atoms with E-state index in [0.29, 0.717) is 18.4 Å². The van der Waals surface area contributed by atoms with Gasteiger partial charge in [0.1, 0.15) is 5.75 Å². The van der Waals surface area contributed by atoms with Crippen molar-refractivity contribution in [3.8, 4) is 5.75 Å². The fourth-order valence-corrected chi connectivity index (χ4v) is 6.39. The van der Waals surface area contributed by atoms with Crippen molar-refractivity contribution in [2.75, 3.05) is 11.5 Å². The number of phenols is 1. The molecule has 2 amide bonds. The van der Waals surface area contributed by atoms with Gasteiger partial charge >= 0.3 is 0 Å². The number of nitro groups is 1. The van der Waals surface area contributed by atoms with Crippen molar-refractivity contribution >= 4 is 29.3 Å². The maximum atomic E-state index is 13.7. The quantitative estimate of drug-likeness (QED) is 0.164. The van der Waals surface area contributed by atoms with E-state index in [1.807, 2.05) is 52.8 Å². The van der Waals surface area contributed by atoms with Crippen LogP contribution in [0.4, 0.5) is 11.4 Å². The van der Waals surface area contributed by atoms with Crippen molar-refractivity contribution in [2.24, 2.45) is 23.7 Å². The molecule has 2 aliphatic rings. The summed E-state index contributed by atoms with van der Waals surface area (Å²) < 4.78 is 0. The van der Waals surface area contributed by atoms with E-state index in [9.17, 15) is 35.0 Å². The fourth-order valence-electron chi connectivity index (χ4n) is 6.39. The summed E-state index contributed by atoms with van der Waals surface area (Å²) in [4.78, 5) is 39.0. The zero-order valence-corrected chi connectivity index (χ0v) is 24.1. The molecule has 218 valence electrons. The third kappa shape index (κ3) is 5.83.